The first kappa shape index (κ1) is 14.8. The van der Waals surface area contributed by atoms with E-state index in [2.05, 4.69) is 22.4 Å². The third-order valence-electron chi connectivity index (χ3n) is 3.73. The first-order chi connectivity index (χ1) is 10.7. The summed E-state index contributed by atoms with van der Waals surface area (Å²) in [5, 5.41) is 3.24. The molecule has 4 nitrogen and oxygen atoms in total. The SMILES string of the molecule is COc1cc(C=C2CCCNC2=S)ccc1-n1cnc(C)c1. The molecule has 22 heavy (non-hydrogen) atoms. The Hall–Kier alpha value is -2.14. The predicted molar refractivity (Wildman–Crippen MR) is 92.7 cm³/mol. The minimum absolute atomic E-state index is 0.821. The van der Waals surface area contributed by atoms with Crippen LogP contribution < -0.4 is 10.1 Å². The van der Waals surface area contributed by atoms with Gasteiger partial charge in [-0.3, -0.25) is 0 Å². The Bertz CT molecular complexity index is 733. The number of rotatable bonds is 3. The van der Waals surface area contributed by atoms with Gasteiger partial charge in [-0.05, 0) is 49.1 Å². The molecule has 5 heteroatoms. The molecule has 1 aromatic carbocycles. The van der Waals surface area contributed by atoms with Gasteiger partial charge in [0.15, 0.2) is 0 Å². The number of nitrogens with zero attached hydrogens (tertiary/aromatic N) is 2. The van der Waals surface area contributed by atoms with Gasteiger partial charge in [0.05, 0.1) is 24.8 Å². The molecule has 0 atom stereocenters. The molecule has 3 rings (SSSR count). The molecule has 0 aliphatic carbocycles. The van der Waals surface area contributed by atoms with Crippen molar-refractivity contribution in [2.24, 2.45) is 0 Å². The van der Waals surface area contributed by atoms with Crippen LogP contribution in [-0.4, -0.2) is 28.2 Å². The van der Waals surface area contributed by atoms with Gasteiger partial charge in [0.1, 0.15) is 10.7 Å². The number of hydrogen-bond acceptors (Lipinski definition) is 3. The highest BCUT2D eigenvalue weighted by Crippen LogP contribution is 2.26. The summed E-state index contributed by atoms with van der Waals surface area (Å²) >= 11 is 5.37. The quantitative estimate of drug-likeness (QED) is 0.697. The normalized spacial score (nSPS) is 16.6. The first-order valence-corrected chi connectivity index (χ1v) is 7.76. The maximum Gasteiger partial charge on any atom is 0.143 e. The summed E-state index contributed by atoms with van der Waals surface area (Å²) in [5.41, 5.74) is 4.24. The van der Waals surface area contributed by atoms with E-state index >= 15 is 0 Å². The monoisotopic (exact) mass is 313 g/mol. The lowest BCUT2D eigenvalue weighted by molar-refractivity contribution is 0.413. The van der Waals surface area contributed by atoms with Crippen molar-refractivity contribution < 1.29 is 4.74 Å². The smallest absolute Gasteiger partial charge is 0.143 e. The van der Waals surface area contributed by atoms with Crippen LogP contribution in [0.25, 0.3) is 11.8 Å². The Morgan fingerprint density at radius 1 is 1.41 bits per heavy atom. The maximum atomic E-state index is 5.54. The van der Waals surface area contributed by atoms with Gasteiger partial charge in [0, 0.05) is 12.7 Å². The molecule has 1 aliphatic rings. The summed E-state index contributed by atoms with van der Waals surface area (Å²) in [7, 11) is 1.69. The van der Waals surface area contributed by atoms with E-state index in [1.165, 1.54) is 5.57 Å². The molecule has 1 aromatic heterocycles. The molecule has 0 bridgehead atoms. The van der Waals surface area contributed by atoms with Gasteiger partial charge in [0.25, 0.3) is 0 Å². The second kappa shape index (κ2) is 6.32. The molecule has 114 valence electrons. The Morgan fingerprint density at radius 2 is 2.27 bits per heavy atom. The van der Waals surface area contributed by atoms with E-state index in [0.717, 1.165) is 47.1 Å². The van der Waals surface area contributed by atoms with Crippen LogP contribution in [-0.2, 0) is 0 Å². The lowest BCUT2D eigenvalue weighted by atomic mass is 10.0. The number of aryl methyl sites for hydroxylation is 1. The molecule has 1 aliphatic heterocycles. The third-order valence-corrected chi connectivity index (χ3v) is 4.14. The molecule has 0 unspecified atom stereocenters. The second-order valence-electron chi connectivity index (χ2n) is 5.38. The van der Waals surface area contributed by atoms with Gasteiger partial charge in [-0.1, -0.05) is 18.3 Å². The van der Waals surface area contributed by atoms with Crippen LogP contribution in [0.3, 0.4) is 0 Å². The minimum atomic E-state index is 0.821. The molecule has 0 amide bonds. The van der Waals surface area contributed by atoms with Crippen LogP contribution >= 0.6 is 12.2 Å². The van der Waals surface area contributed by atoms with Crippen molar-refractivity contribution in [1.29, 1.82) is 0 Å². The summed E-state index contributed by atoms with van der Waals surface area (Å²) < 4.78 is 7.51. The average molecular weight is 313 g/mol. The number of benzene rings is 1. The van der Waals surface area contributed by atoms with E-state index in [9.17, 15) is 0 Å². The number of nitrogens with one attached hydrogen (secondary N) is 1. The van der Waals surface area contributed by atoms with Crippen LogP contribution in [0, 0.1) is 6.92 Å². The van der Waals surface area contributed by atoms with E-state index < -0.39 is 0 Å². The lowest BCUT2D eigenvalue weighted by Crippen LogP contribution is -2.29. The van der Waals surface area contributed by atoms with Crippen LogP contribution in [0.1, 0.15) is 24.1 Å². The topological polar surface area (TPSA) is 39.1 Å². The molecule has 0 saturated carbocycles. The number of thiocarbonyl (C=S) groups is 1. The molecule has 2 aromatic rings. The van der Waals surface area contributed by atoms with Gasteiger partial charge in [-0.15, -0.1) is 0 Å². The summed E-state index contributed by atoms with van der Waals surface area (Å²) in [6.07, 6.45) is 8.06. The number of aromatic nitrogens is 2. The zero-order valence-corrected chi connectivity index (χ0v) is 13.6. The number of methoxy groups -OCH3 is 1. The Balaban J connectivity index is 1.95. The molecule has 1 N–H and O–H groups in total. The molecule has 0 radical (unpaired) electrons. The number of hydrogen-bond donors (Lipinski definition) is 1. The maximum absolute atomic E-state index is 5.54. The molecule has 2 heterocycles. The van der Waals surface area contributed by atoms with Crippen molar-refractivity contribution >= 4 is 23.3 Å². The van der Waals surface area contributed by atoms with Crippen LogP contribution in [0.5, 0.6) is 5.75 Å². The van der Waals surface area contributed by atoms with Crippen molar-refractivity contribution in [3.63, 3.8) is 0 Å². The van der Waals surface area contributed by atoms with Gasteiger partial charge >= 0.3 is 0 Å². The predicted octanol–water partition coefficient (Wildman–Crippen LogP) is 3.28. The van der Waals surface area contributed by atoms with Crippen LogP contribution in [0.2, 0.25) is 0 Å². The van der Waals surface area contributed by atoms with Gasteiger partial charge in [-0.25, -0.2) is 4.98 Å². The van der Waals surface area contributed by atoms with Crippen molar-refractivity contribution in [1.82, 2.24) is 14.9 Å². The van der Waals surface area contributed by atoms with Gasteiger partial charge < -0.3 is 14.6 Å². The summed E-state index contributed by atoms with van der Waals surface area (Å²) in [4.78, 5) is 5.13. The van der Waals surface area contributed by atoms with Crippen molar-refractivity contribution in [2.45, 2.75) is 19.8 Å². The van der Waals surface area contributed by atoms with Crippen molar-refractivity contribution in [2.75, 3.05) is 13.7 Å². The second-order valence-corrected chi connectivity index (χ2v) is 5.79. The minimum Gasteiger partial charge on any atom is -0.495 e. The molecular weight excluding hydrogens is 294 g/mol. The molecule has 1 saturated heterocycles. The fourth-order valence-corrected chi connectivity index (χ4v) is 2.86. The van der Waals surface area contributed by atoms with Crippen LogP contribution in [0.15, 0.2) is 36.3 Å². The summed E-state index contributed by atoms with van der Waals surface area (Å²) in [5.74, 6) is 0.821. The van der Waals surface area contributed by atoms with E-state index in [4.69, 9.17) is 17.0 Å². The highest BCUT2D eigenvalue weighted by Gasteiger charge is 2.11. The molecular formula is C17H19N3OS. The van der Waals surface area contributed by atoms with Crippen molar-refractivity contribution in [3.05, 3.63) is 47.6 Å². The molecule has 1 fully saturated rings. The van der Waals surface area contributed by atoms with Gasteiger partial charge in [-0.2, -0.15) is 0 Å². The number of ether oxygens (including phenoxy) is 1. The lowest BCUT2D eigenvalue weighted by Gasteiger charge is -2.18. The summed E-state index contributed by atoms with van der Waals surface area (Å²) in [6.45, 7) is 2.94. The summed E-state index contributed by atoms with van der Waals surface area (Å²) in [6, 6.07) is 6.16. The largest absolute Gasteiger partial charge is 0.495 e. The fraction of sp³-hybridized carbons (Fsp3) is 0.294. The first-order valence-electron chi connectivity index (χ1n) is 7.35. The standard InChI is InChI=1S/C17H19N3OS/c1-12-10-20(11-19-12)15-6-5-13(9-16(15)21-2)8-14-4-3-7-18-17(14)22/h5-6,8-11H,3-4,7H2,1-2H3,(H,18,22). The van der Waals surface area contributed by atoms with Gasteiger partial charge in [0.2, 0.25) is 0 Å². The fourth-order valence-electron chi connectivity index (χ4n) is 2.60. The van der Waals surface area contributed by atoms with Crippen molar-refractivity contribution in [3.8, 4) is 11.4 Å². The zero-order valence-electron chi connectivity index (χ0n) is 12.8. The Morgan fingerprint density at radius 3 is 2.95 bits per heavy atom. The third kappa shape index (κ3) is 3.04. The number of piperidine rings is 1. The molecule has 0 spiro atoms. The number of imidazole rings is 1. The highest BCUT2D eigenvalue weighted by molar-refractivity contribution is 7.80. The van der Waals surface area contributed by atoms with E-state index in [1.807, 2.05) is 29.8 Å². The van der Waals surface area contributed by atoms with E-state index in [1.54, 1.807) is 13.4 Å². The Kier molecular flexibility index (Phi) is 4.24. The van der Waals surface area contributed by atoms with E-state index in [-0.39, 0.29) is 0 Å². The highest BCUT2D eigenvalue weighted by atomic mass is 32.1. The van der Waals surface area contributed by atoms with E-state index in [0.29, 0.717) is 0 Å². The average Bonchev–Trinajstić information content (AvgIpc) is 2.96. The zero-order chi connectivity index (χ0) is 15.5. The Labute approximate surface area is 135 Å². The van der Waals surface area contributed by atoms with Crippen LogP contribution in [0.4, 0.5) is 0 Å².